The van der Waals surface area contributed by atoms with E-state index in [1.54, 1.807) is 0 Å². The summed E-state index contributed by atoms with van der Waals surface area (Å²) in [6, 6.07) is 6.42. The fourth-order valence-electron chi connectivity index (χ4n) is 1.57. The number of nitrogen functional groups attached to an aromatic ring is 1. The van der Waals surface area contributed by atoms with Gasteiger partial charge in [-0.05, 0) is 30.3 Å². The third-order valence-corrected chi connectivity index (χ3v) is 3.07. The van der Waals surface area contributed by atoms with Crippen LogP contribution in [0.2, 0.25) is 10.0 Å². The molecule has 0 bridgehead atoms. The molecule has 4 nitrogen and oxygen atoms in total. The molecule has 0 saturated carbocycles. The number of anilines is 2. The van der Waals surface area contributed by atoms with Gasteiger partial charge in [0, 0.05) is 11.4 Å². The van der Waals surface area contributed by atoms with Crippen LogP contribution in [0.4, 0.5) is 15.8 Å². The lowest BCUT2D eigenvalue weighted by molar-refractivity contribution is 0.102. The Kier molecular flexibility index (Phi) is 4.01. The number of carbonyl (C=O) groups excluding carboxylic acids is 1. The maximum Gasteiger partial charge on any atom is 0.257 e. The van der Waals surface area contributed by atoms with E-state index in [0.29, 0.717) is 0 Å². The summed E-state index contributed by atoms with van der Waals surface area (Å²) < 4.78 is 13.3. The lowest BCUT2D eigenvalue weighted by Gasteiger charge is -2.09. The second-order valence-corrected chi connectivity index (χ2v) is 4.79. The summed E-state index contributed by atoms with van der Waals surface area (Å²) >= 11 is 11.3. The van der Waals surface area contributed by atoms with Gasteiger partial charge >= 0.3 is 0 Å². The predicted octanol–water partition coefficient (Wildman–Crippen LogP) is 3.67. The Labute approximate surface area is 123 Å². The molecule has 0 heterocycles. The second-order valence-electron chi connectivity index (χ2n) is 3.98. The van der Waals surface area contributed by atoms with Crippen molar-refractivity contribution in [3.8, 4) is 5.75 Å². The summed E-state index contributed by atoms with van der Waals surface area (Å²) in [5.74, 6) is -1.43. The second kappa shape index (κ2) is 5.56. The highest BCUT2D eigenvalue weighted by molar-refractivity contribution is 6.35. The zero-order valence-corrected chi connectivity index (χ0v) is 11.5. The van der Waals surface area contributed by atoms with Crippen molar-refractivity contribution in [2.24, 2.45) is 0 Å². The number of nitrogens with one attached hydrogen (secondary N) is 1. The van der Waals surface area contributed by atoms with Gasteiger partial charge in [-0.3, -0.25) is 4.79 Å². The van der Waals surface area contributed by atoms with E-state index >= 15 is 0 Å². The Balaban J connectivity index is 2.30. The van der Waals surface area contributed by atoms with Crippen molar-refractivity contribution in [1.82, 2.24) is 0 Å². The number of phenols is 1. The Bertz CT molecular complexity index is 669. The van der Waals surface area contributed by atoms with Crippen molar-refractivity contribution in [3.05, 3.63) is 51.8 Å². The molecule has 0 aliphatic carbocycles. The summed E-state index contributed by atoms with van der Waals surface area (Å²) in [7, 11) is 0. The first-order chi connectivity index (χ1) is 9.38. The molecule has 0 radical (unpaired) electrons. The summed E-state index contributed by atoms with van der Waals surface area (Å²) in [5.41, 5.74) is 6.14. The normalized spacial score (nSPS) is 10.3. The van der Waals surface area contributed by atoms with E-state index in [1.165, 1.54) is 30.3 Å². The van der Waals surface area contributed by atoms with Crippen LogP contribution in [0.15, 0.2) is 30.3 Å². The van der Waals surface area contributed by atoms with Gasteiger partial charge in [-0.25, -0.2) is 4.39 Å². The minimum atomic E-state index is -0.761. The van der Waals surface area contributed by atoms with Crippen molar-refractivity contribution in [3.63, 3.8) is 0 Å². The van der Waals surface area contributed by atoms with E-state index in [1.807, 2.05) is 0 Å². The Morgan fingerprint density at radius 3 is 2.40 bits per heavy atom. The summed E-state index contributed by atoms with van der Waals surface area (Å²) in [4.78, 5) is 12.0. The van der Waals surface area contributed by atoms with Gasteiger partial charge in [0.2, 0.25) is 0 Å². The maximum atomic E-state index is 13.3. The largest absolute Gasteiger partial charge is 0.508 e. The first kappa shape index (κ1) is 14.4. The highest BCUT2D eigenvalue weighted by atomic mass is 35.5. The van der Waals surface area contributed by atoms with Crippen LogP contribution in [0.25, 0.3) is 0 Å². The molecule has 0 aliphatic heterocycles. The fraction of sp³-hybridized carbons (Fsp3) is 0. The number of halogens is 3. The first-order valence-electron chi connectivity index (χ1n) is 5.43. The van der Waals surface area contributed by atoms with Crippen molar-refractivity contribution in [1.29, 1.82) is 0 Å². The number of hydrogen-bond acceptors (Lipinski definition) is 3. The molecule has 0 aliphatic rings. The van der Waals surface area contributed by atoms with Crippen LogP contribution in [0, 0.1) is 5.82 Å². The predicted molar refractivity (Wildman–Crippen MR) is 76.9 cm³/mol. The van der Waals surface area contributed by atoms with Gasteiger partial charge in [-0.2, -0.15) is 0 Å². The molecule has 0 saturated heterocycles. The van der Waals surface area contributed by atoms with Crippen LogP contribution in [0.1, 0.15) is 10.4 Å². The van der Waals surface area contributed by atoms with E-state index in [0.717, 1.165) is 0 Å². The topological polar surface area (TPSA) is 75.3 Å². The van der Waals surface area contributed by atoms with Gasteiger partial charge in [0.15, 0.2) is 5.82 Å². The fourth-order valence-corrected chi connectivity index (χ4v) is 2.05. The number of nitrogens with two attached hydrogens (primary N) is 1. The third kappa shape index (κ3) is 2.95. The number of amides is 1. The molecular formula is C13H9Cl2FN2O2. The van der Waals surface area contributed by atoms with Crippen LogP contribution < -0.4 is 11.1 Å². The third-order valence-electron chi connectivity index (χ3n) is 2.52. The van der Waals surface area contributed by atoms with Gasteiger partial charge in [0.1, 0.15) is 5.75 Å². The molecule has 20 heavy (non-hydrogen) atoms. The molecular weight excluding hydrogens is 306 g/mol. The number of benzene rings is 2. The van der Waals surface area contributed by atoms with E-state index in [9.17, 15) is 14.3 Å². The van der Waals surface area contributed by atoms with Gasteiger partial charge < -0.3 is 16.2 Å². The van der Waals surface area contributed by atoms with E-state index in [-0.39, 0.29) is 32.7 Å². The Hall–Kier alpha value is -1.98. The van der Waals surface area contributed by atoms with E-state index in [2.05, 4.69) is 5.32 Å². The summed E-state index contributed by atoms with van der Waals surface area (Å²) in [5, 5.41) is 11.4. The lowest BCUT2D eigenvalue weighted by Crippen LogP contribution is -2.14. The number of carbonyl (C=O) groups is 1. The van der Waals surface area contributed by atoms with Crippen LogP contribution in [-0.2, 0) is 0 Å². The van der Waals surface area contributed by atoms with Gasteiger partial charge in [-0.15, -0.1) is 0 Å². The van der Waals surface area contributed by atoms with Gasteiger partial charge in [0.05, 0.1) is 15.6 Å². The van der Waals surface area contributed by atoms with Crippen molar-refractivity contribution in [2.75, 3.05) is 11.1 Å². The van der Waals surface area contributed by atoms with Crippen LogP contribution in [0.5, 0.6) is 5.75 Å². The molecule has 1 amide bonds. The smallest absolute Gasteiger partial charge is 0.257 e. The molecule has 0 spiro atoms. The van der Waals surface area contributed by atoms with Crippen molar-refractivity contribution < 1.29 is 14.3 Å². The quantitative estimate of drug-likeness (QED) is 0.449. The SMILES string of the molecule is Nc1ccc(O)cc1C(=O)Nc1cc(Cl)c(F)c(Cl)c1. The molecule has 0 atom stereocenters. The number of rotatable bonds is 2. The van der Waals surface area contributed by atoms with Crippen molar-refractivity contribution >= 4 is 40.5 Å². The molecule has 0 fully saturated rings. The Morgan fingerprint density at radius 1 is 1.20 bits per heavy atom. The molecule has 0 aromatic heterocycles. The van der Waals surface area contributed by atoms with Gasteiger partial charge in [-0.1, -0.05) is 23.2 Å². The standard InChI is InChI=1S/C13H9Cl2FN2O2/c14-9-3-6(4-10(15)12(9)16)18-13(20)8-5-7(19)1-2-11(8)17/h1-5,19H,17H2,(H,18,20). The average Bonchev–Trinajstić information content (AvgIpc) is 2.38. The highest BCUT2D eigenvalue weighted by Gasteiger charge is 2.13. The molecule has 104 valence electrons. The van der Waals surface area contributed by atoms with Crippen LogP contribution >= 0.6 is 23.2 Å². The molecule has 0 unspecified atom stereocenters. The zero-order valence-electron chi connectivity index (χ0n) is 9.95. The molecule has 4 N–H and O–H groups in total. The summed E-state index contributed by atoms with van der Waals surface area (Å²) in [6.45, 7) is 0. The molecule has 2 aromatic rings. The first-order valence-corrected chi connectivity index (χ1v) is 6.18. The number of aromatic hydroxyl groups is 1. The molecule has 7 heteroatoms. The van der Waals surface area contributed by atoms with E-state index < -0.39 is 11.7 Å². The van der Waals surface area contributed by atoms with Crippen LogP contribution in [0.3, 0.4) is 0 Å². The Morgan fingerprint density at radius 2 is 1.80 bits per heavy atom. The molecule has 2 rings (SSSR count). The lowest BCUT2D eigenvalue weighted by atomic mass is 10.1. The molecule has 2 aromatic carbocycles. The average molecular weight is 315 g/mol. The minimum Gasteiger partial charge on any atom is -0.508 e. The highest BCUT2D eigenvalue weighted by Crippen LogP contribution is 2.28. The van der Waals surface area contributed by atoms with E-state index in [4.69, 9.17) is 28.9 Å². The number of phenolic OH excluding ortho intramolecular Hbond substituents is 1. The zero-order chi connectivity index (χ0) is 14.9. The van der Waals surface area contributed by atoms with Crippen LogP contribution in [-0.4, -0.2) is 11.0 Å². The maximum absolute atomic E-state index is 13.3. The minimum absolute atomic E-state index is 0.0848. The summed E-state index contributed by atoms with van der Waals surface area (Å²) in [6.07, 6.45) is 0. The van der Waals surface area contributed by atoms with Crippen molar-refractivity contribution in [2.45, 2.75) is 0 Å². The van der Waals surface area contributed by atoms with Gasteiger partial charge in [0.25, 0.3) is 5.91 Å². The monoisotopic (exact) mass is 314 g/mol. The number of hydrogen-bond donors (Lipinski definition) is 3.